The van der Waals surface area contributed by atoms with E-state index in [4.69, 9.17) is 21.8 Å². The van der Waals surface area contributed by atoms with Crippen LogP contribution in [0.1, 0.15) is 12.7 Å². The number of nitrogens with two attached hydrogens (primary N) is 1. The van der Waals surface area contributed by atoms with Crippen LogP contribution < -0.4 is 5.73 Å². The Morgan fingerprint density at radius 3 is 2.92 bits per heavy atom. The predicted molar refractivity (Wildman–Crippen MR) is 53.7 cm³/mol. The van der Waals surface area contributed by atoms with Crippen molar-refractivity contribution in [3.63, 3.8) is 0 Å². The molecule has 5 heteroatoms. The molecule has 0 aliphatic carbocycles. The summed E-state index contributed by atoms with van der Waals surface area (Å²) in [5.74, 6) is 1.04. The summed E-state index contributed by atoms with van der Waals surface area (Å²) >= 11 is 6.99. The summed E-state index contributed by atoms with van der Waals surface area (Å²) in [6.45, 7) is 1.76. The topological polar surface area (TPSA) is 56.2 Å². The Hall–Kier alpha value is -0.610. The number of halogens is 1. The maximum atomic E-state index is 10.7. The molecule has 0 aromatic carbocycles. The third-order valence-electron chi connectivity index (χ3n) is 1.51. The van der Waals surface area contributed by atoms with Gasteiger partial charge in [-0.3, -0.25) is 4.79 Å². The van der Waals surface area contributed by atoms with Crippen molar-refractivity contribution in [1.82, 2.24) is 0 Å². The Kier molecular flexibility index (Phi) is 3.69. The fraction of sp³-hybridized carbons (Fsp3) is 0.375. The zero-order valence-corrected chi connectivity index (χ0v) is 8.69. The molecule has 0 spiro atoms. The molecule has 0 saturated carbocycles. The second kappa shape index (κ2) is 4.58. The van der Waals surface area contributed by atoms with Gasteiger partial charge in [-0.15, -0.1) is 11.8 Å². The maximum Gasteiger partial charge on any atom is 0.230 e. The number of rotatable bonds is 4. The summed E-state index contributed by atoms with van der Waals surface area (Å²) in [4.78, 5) is 10.7. The zero-order chi connectivity index (χ0) is 9.84. The van der Waals surface area contributed by atoms with E-state index in [1.165, 1.54) is 11.8 Å². The first kappa shape index (κ1) is 10.5. The van der Waals surface area contributed by atoms with E-state index in [-0.39, 0.29) is 11.2 Å². The van der Waals surface area contributed by atoms with Crippen molar-refractivity contribution < 1.29 is 9.21 Å². The van der Waals surface area contributed by atoms with Crippen molar-refractivity contribution in [2.24, 2.45) is 5.73 Å². The van der Waals surface area contributed by atoms with E-state index in [9.17, 15) is 4.79 Å². The van der Waals surface area contributed by atoms with Gasteiger partial charge in [0.2, 0.25) is 5.91 Å². The molecular formula is C8H10ClNO2S. The van der Waals surface area contributed by atoms with E-state index < -0.39 is 0 Å². The molecule has 1 unspecified atom stereocenters. The molecule has 1 atom stereocenters. The summed E-state index contributed by atoms with van der Waals surface area (Å²) in [5.41, 5.74) is 5.09. The lowest BCUT2D eigenvalue weighted by Crippen LogP contribution is -2.22. The quantitative estimate of drug-likeness (QED) is 0.843. The predicted octanol–water partition coefficient (Wildman–Crippen LogP) is 2.04. The highest BCUT2D eigenvalue weighted by Crippen LogP contribution is 2.21. The molecule has 2 N–H and O–H groups in total. The largest absolute Gasteiger partial charge is 0.449 e. The first-order chi connectivity index (χ1) is 6.09. The lowest BCUT2D eigenvalue weighted by atomic mass is 10.5. The number of hydrogen-bond acceptors (Lipinski definition) is 3. The lowest BCUT2D eigenvalue weighted by Gasteiger charge is -2.03. The molecule has 0 bridgehead atoms. The van der Waals surface area contributed by atoms with Crippen molar-refractivity contribution in [3.8, 4) is 0 Å². The molecule has 1 aromatic rings. The number of carbonyl (C=O) groups is 1. The molecule has 0 radical (unpaired) electrons. The van der Waals surface area contributed by atoms with E-state index >= 15 is 0 Å². The molecule has 1 rings (SSSR count). The minimum absolute atomic E-state index is 0.205. The Balaban J connectivity index is 2.39. The number of hydrogen-bond donors (Lipinski definition) is 1. The van der Waals surface area contributed by atoms with Crippen LogP contribution in [0, 0.1) is 0 Å². The Bertz CT molecular complexity index is 300. The Morgan fingerprint density at radius 2 is 2.46 bits per heavy atom. The van der Waals surface area contributed by atoms with Crippen LogP contribution in [0.2, 0.25) is 5.22 Å². The van der Waals surface area contributed by atoms with Crippen LogP contribution in [0.3, 0.4) is 0 Å². The van der Waals surface area contributed by atoms with Gasteiger partial charge in [0.25, 0.3) is 0 Å². The third kappa shape index (κ3) is 3.32. The molecular weight excluding hydrogens is 210 g/mol. The van der Waals surface area contributed by atoms with Gasteiger partial charge >= 0.3 is 0 Å². The molecule has 3 nitrogen and oxygen atoms in total. The van der Waals surface area contributed by atoms with E-state index in [1.807, 2.05) is 0 Å². The number of carbonyl (C=O) groups excluding carboxylic acids is 1. The van der Waals surface area contributed by atoms with Gasteiger partial charge in [0.15, 0.2) is 5.22 Å². The molecule has 0 aliphatic rings. The third-order valence-corrected chi connectivity index (χ3v) is 2.89. The van der Waals surface area contributed by atoms with Crippen molar-refractivity contribution >= 4 is 29.3 Å². The average molecular weight is 220 g/mol. The first-order valence-electron chi connectivity index (χ1n) is 3.74. The normalized spacial score (nSPS) is 12.8. The van der Waals surface area contributed by atoms with Crippen LogP contribution >= 0.6 is 23.4 Å². The number of thioether (sulfide) groups is 1. The van der Waals surface area contributed by atoms with E-state index in [2.05, 4.69) is 0 Å². The zero-order valence-electron chi connectivity index (χ0n) is 7.12. The smallest absolute Gasteiger partial charge is 0.230 e. The van der Waals surface area contributed by atoms with Crippen LogP contribution in [0.5, 0.6) is 0 Å². The minimum atomic E-state index is -0.317. The van der Waals surface area contributed by atoms with Gasteiger partial charge in [0, 0.05) is 0 Å². The summed E-state index contributed by atoms with van der Waals surface area (Å²) in [6, 6.07) is 3.45. The Morgan fingerprint density at radius 1 is 1.77 bits per heavy atom. The molecule has 0 saturated heterocycles. The van der Waals surface area contributed by atoms with Gasteiger partial charge in [0.1, 0.15) is 5.76 Å². The second-order valence-corrected chi connectivity index (χ2v) is 4.26. The van der Waals surface area contributed by atoms with Gasteiger partial charge in [-0.1, -0.05) is 0 Å². The standard InChI is InChI=1S/C8H10ClNO2S/c1-5(8(10)11)13-4-6-2-3-7(9)12-6/h2-3,5H,4H2,1H3,(H2,10,11). The molecule has 1 heterocycles. The van der Waals surface area contributed by atoms with Crippen molar-refractivity contribution in [1.29, 1.82) is 0 Å². The second-order valence-electron chi connectivity index (χ2n) is 2.56. The summed E-state index contributed by atoms with van der Waals surface area (Å²) in [6.07, 6.45) is 0. The van der Waals surface area contributed by atoms with E-state index in [1.54, 1.807) is 19.1 Å². The first-order valence-corrected chi connectivity index (χ1v) is 5.17. The highest BCUT2D eigenvalue weighted by molar-refractivity contribution is 7.99. The SMILES string of the molecule is CC(SCc1ccc(Cl)o1)C(N)=O. The van der Waals surface area contributed by atoms with Gasteiger partial charge in [-0.2, -0.15) is 0 Å². The fourth-order valence-electron chi connectivity index (χ4n) is 0.719. The van der Waals surface area contributed by atoms with Gasteiger partial charge in [-0.05, 0) is 30.7 Å². The van der Waals surface area contributed by atoms with Crippen LogP contribution in [0.25, 0.3) is 0 Å². The number of primary amides is 1. The minimum Gasteiger partial charge on any atom is -0.449 e. The van der Waals surface area contributed by atoms with Crippen molar-refractivity contribution in [2.45, 2.75) is 17.9 Å². The highest BCUT2D eigenvalue weighted by atomic mass is 35.5. The van der Waals surface area contributed by atoms with E-state index in [0.29, 0.717) is 11.0 Å². The lowest BCUT2D eigenvalue weighted by molar-refractivity contribution is -0.117. The highest BCUT2D eigenvalue weighted by Gasteiger charge is 2.10. The maximum absolute atomic E-state index is 10.7. The van der Waals surface area contributed by atoms with Crippen LogP contribution in [0.15, 0.2) is 16.5 Å². The molecule has 0 aliphatic heterocycles. The van der Waals surface area contributed by atoms with Crippen molar-refractivity contribution in [3.05, 3.63) is 23.1 Å². The molecule has 13 heavy (non-hydrogen) atoms. The fourth-order valence-corrected chi connectivity index (χ4v) is 1.61. The van der Waals surface area contributed by atoms with Crippen LogP contribution in [0.4, 0.5) is 0 Å². The number of amides is 1. The van der Waals surface area contributed by atoms with Gasteiger partial charge in [0.05, 0.1) is 11.0 Å². The summed E-state index contributed by atoms with van der Waals surface area (Å²) in [5, 5.41) is 0.159. The molecule has 72 valence electrons. The molecule has 1 aromatic heterocycles. The molecule has 1 amide bonds. The van der Waals surface area contributed by atoms with Crippen LogP contribution in [-0.4, -0.2) is 11.2 Å². The molecule has 0 fully saturated rings. The summed E-state index contributed by atoms with van der Waals surface area (Å²) in [7, 11) is 0. The monoisotopic (exact) mass is 219 g/mol. The van der Waals surface area contributed by atoms with Crippen LogP contribution in [-0.2, 0) is 10.5 Å². The summed E-state index contributed by atoms with van der Waals surface area (Å²) < 4.78 is 5.11. The Labute approximate surface area is 85.6 Å². The van der Waals surface area contributed by atoms with Gasteiger partial charge in [-0.25, -0.2) is 0 Å². The van der Waals surface area contributed by atoms with E-state index in [0.717, 1.165) is 5.76 Å². The van der Waals surface area contributed by atoms with Crippen molar-refractivity contribution in [2.75, 3.05) is 0 Å². The van der Waals surface area contributed by atoms with Gasteiger partial charge < -0.3 is 10.2 Å². The average Bonchev–Trinajstić information content (AvgIpc) is 2.47. The number of furan rings is 1.